The molecule has 4 heteroatoms. The van der Waals surface area contributed by atoms with Crippen LogP contribution in [0, 0.1) is 0 Å². The summed E-state index contributed by atoms with van der Waals surface area (Å²) in [4.78, 5) is 0. The van der Waals surface area contributed by atoms with Crippen molar-refractivity contribution in [1.82, 2.24) is 5.43 Å². The lowest BCUT2D eigenvalue weighted by Gasteiger charge is -2.08. The number of hydrazone groups is 1. The fourth-order valence-corrected chi connectivity index (χ4v) is 1.68. The highest BCUT2D eigenvalue weighted by atomic mass is 16.5. The molecule has 0 radical (unpaired) electrons. The lowest BCUT2D eigenvalue weighted by atomic mass is 10.2. The van der Waals surface area contributed by atoms with Crippen molar-refractivity contribution in [1.29, 1.82) is 0 Å². The van der Waals surface area contributed by atoms with Gasteiger partial charge in [0.2, 0.25) is 0 Å². The van der Waals surface area contributed by atoms with Crippen LogP contribution >= 0.6 is 0 Å². The Morgan fingerprint density at radius 2 is 1.52 bits per heavy atom. The number of rotatable bonds is 7. The number of hydrogen-bond donors (Lipinski definition) is 1. The van der Waals surface area contributed by atoms with Crippen molar-refractivity contribution >= 4 is 5.71 Å². The molecular formula is C17H20N2O2. The van der Waals surface area contributed by atoms with Gasteiger partial charge in [-0.2, -0.15) is 5.10 Å². The van der Waals surface area contributed by atoms with Crippen LogP contribution in [0.4, 0.5) is 0 Å². The van der Waals surface area contributed by atoms with Crippen molar-refractivity contribution < 1.29 is 9.47 Å². The second-order valence-corrected chi connectivity index (χ2v) is 4.75. The van der Waals surface area contributed by atoms with E-state index in [1.165, 1.54) is 0 Å². The molecule has 0 atom stereocenters. The normalized spacial score (nSPS) is 9.81. The first-order valence-electron chi connectivity index (χ1n) is 6.87. The average Bonchev–Trinajstić information content (AvgIpc) is 2.51. The molecular weight excluding hydrogens is 264 g/mol. The van der Waals surface area contributed by atoms with E-state index in [-0.39, 0.29) is 0 Å². The standard InChI is InChI=1S/C17H20N2O2/c1-14(2)19-18-13-21-17-10-8-16(9-11-17)20-12-15-6-4-3-5-7-15/h3-11,18H,12-13H2,1-2H3. The maximum Gasteiger partial charge on any atom is 0.173 e. The largest absolute Gasteiger partial charge is 0.489 e. The van der Waals surface area contributed by atoms with Gasteiger partial charge in [0.05, 0.1) is 0 Å². The van der Waals surface area contributed by atoms with E-state index in [1.54, 1.807) is 0 Å². The molecule has 2 aromatic carbocycles. The molecule has 0 spiro atoms. The molecule has 0 heterocycles. The number of nitrogens with zero attached hydrogens (tertiary/aromatic N) is 1. The Labute approximate surface area is 125 Å². The van der Waals surface area contributed by atoms with Crippen LogP contribution in [0.3, 0.4) is 0 Å². The van der Waals surface area contributed by atoms with Gasteiger partial charge in [-0.3, -0.25) is 5.43 Å². The van der Waals surface area contributed by atoms with Crippen molar-refractivity contribution in [3.05, 3.63) is 60.2 Å². The summed E-state index contributed by atoms with van der Waals surface area (Å²) in [5, 5.41) is 4.04. The monoisotopic (exact) mass is 284 g/mol. The Hall–Kier alpha value is -2.49. The molecule has 0 saturated carbocycles. The van der Waals surface area contributed by atoms with Gasteiger partial charge in [0.1, 0.15) is 18.1 Å². The summed E-state index contributed by atoms with van der Waals surface area (Å²) in [6.07, 6.45) is 0. The first-order chi connectivity index (χ1) is 10.2. The summed E-state index contributed by atoms with van der Waals surface area (Å²) in [5.74, 6) is 1.60. The van der Waals surface area contributed by atoms with Crippen LogP contribution < -0.4 is 14.9 Å². The molecule has 1 N–H and O–H groups in total. The topological polar surface area (TPSA) is 42.9 Å². The summed E-state index contributed by atoms with van der Waals surface area (Å²) in [7, 11) is 0. The maximum atomic E-state index is 5.71. The maximum absolute atomic E-state index is 5.71. The van der Waals surface area contributed by atoms with Gasteiger partial charge < -0.3 is 9.47 Å². The quantitative estimate of drug-likeness (QED) is 0.366. The highest BCUT2D eigenvalue weighted by molar-refractivity contribution is 5.78. The van der Waals surface area contributed by atoms with Crippen LogP contribution in [-0.2, 0) is 6.61 Å². The molecule has 0 amide bonds. The molecule has 0 aliphatic carbocycles. The van der Waals surface area contributed by atoms with Gasteiger partial charge in [-0.15, -0.1) is 0 Å². The summed E-state index contributed by atoms with van der Waals surface area (Å²) in [5.41, 5.74) is 4.94. The van der Waals surface area contributed by atoms with Crippen molar-refractivity contribution in [3.8, 4) is 11.5 Å². The predicted molar refractivity (Wildman–Crippen MR) is 84.6 cm³/mol. The molecule has 0 aliphatic heterocycles. The van der Waals surface area contributed by atoms with Gasteiger partial charge in [-0.05, 0) is 43.7 Å². The van der Waals surface area contributed by atoms with E-state index in [2.05, 4.69) is 10.5 Å². The van der Waals surface area contributed by atoms with Gasteiger partial charge >= 0.3 is 0 Å². The second-order valence-electron chi connectivity index (χ2n) is 4.75. The van der Waals surface area contributed by atoms with E-state index in [1.807, 2.05) is 68.4 Å². The van der Waals surface area contributed by atoms with Crippen LogP contribution in [0.5, 0.6) is 11.5 Å². The lowest BCUT2D eigenvalue weighted by Crippen LogP contribution is -2.15. The number of ether oxygens (including phenoxy) is 2. The van der Waals surface area contributed by atoms with E-state index >= 15 is 0 Å². The molecule has 2 aromatic rings. The van der Waals surface area contributed by atoms with Gasteiger partial charge in [0.15, 0.2) is 6.73 Å². The third-order valence-electron chi connectivity index (χ3n) is 2.68. The predicted octanol–water partition coefficient (Wildman–Crippen LogP) is 3.59. The highest BCUT2D eigenvalue weighted by Crippen LogP contribution is 2.18. The Kier molecular flexibility index (Phi) is 5.64. The lowest BCUT2D eigenvalue weighted by molar-refractivity contribution is 0.284. The molecule has 21 heavy (non-hydrogen) atoms. The van der Waals surface area contributed by atoms with Gasteiger partial charge in [-0.25, -0.2) is 0 Å². The molecule has 110 valence electrons. The van der Waals surface area contributed by atoms with Gasteiger partial charge in [0, 0.05) is 5.71 Å². The van der Waals surface area contributed by atoms with E-state index in [0.29, 0.717) is 13.3 Å². The van der Waals surface area contributed by atoms with Gasteiger partial charge in [0.25, 0.3) is 0 Å². The van der Waals surface area contributed by atoms with E-state index in [9.17, 15) is 0 Å². The van der Waals surface area contributed by atoms with Crippen LogP contribution in [-0.4, -0.2) is 12.4 Å². The summed E-state index contributed by atoms with van der Waals surface area (Å²) in [6.45, 7) is 4.75. The van der Waals surface area contributed by atoms with Crippen molar-refractivity contribution in [2.75, 3.05) is 6.73 Å². The summed E-state index contributed by atoms with van der Waals surface area (Å²) in [6, 6.07) is 17.6. The molecule has 2 rings (SSSR count). The SMILES string of the molecule is CC(C)=NNCOc1ccc(OCc2ccccc2)cc1. The van der Waals surface area contributed by atoms with Crippen molar-refractivity contribution in [2.45, 2.75) is 20.5 Å². The molecule has 0 unspecified atom stereocenters. The zero-order valence-corrected chi connectivity index (χ0v) is 12.4. The number of hydrogen-bond acceptors (Lipinski definition) is 4. The van der Waals surface area contributed by atoms with Crippen LogP contribution in [0.1, 0.15) is 19.4 Å². The number of benzene rings is 2. The second kappa shape index (κ2) is 7.94. The minimum atomic E-state index is 0.343. The molecule has 0 aliphatic rings. The Bertz CT molecular complexity index is 561. The minimum absolute atomic E-state index is 0.343. The van der Waals surface area contributed by atoms with Crippen molar-refractivity contribution in [2.24, 2.45) is 5.10 Å². The van der Waals surface area contributed by atoms with Crippen LogP contribution in [0.15, 0.2) is 59.7 Å². The zero-order chi connectivity index (χ0) is 14.9. The zero-order valence-electron chi connectivity index (χ0n) is 12.4. The first kappa shape index (κ1) is 14.9. The molecule has 0 aromatic heterocycles. The minimum Gasteiger partial charge on any atom is -0.489 e. The molecule has 4 nitrogen and oxygen atoms in total. The fraction of sp³-hybridized carbons (Fsp3) is 0.235. The average molecular weight is 284 g/mol. The van der Waals surface area contributed by atoms with E-state index in [0.717, 1.165) is 22.8 Å². The third kappa shape index (κ3) is 5.57. The smallest absolute Gasteiger partial charge is 0.173 e. The molecule has 0 bridgehead atoms. The fourth-order valence-electron chi connectivity index (χ4n) is 1.68. The van der Waals surface area contributed by atoms with Gasteiger partial charge in [-0.1, -0.05) is 30.3 Å². The Morgan fingerprint density at radius 1 is 0.905 bits per heavy atom. The Morgan fingerprint density at radius 3 is 2.14 bits per heavy atom. The van der Waals surface area contributed by atoms with E-state index in [4.69, 9.17) is 9.47 Å². The first-order valence-corrected chi connectivity index (χ1v) is 6.87. The molecule has 0 saturated heterocycles. The molecule has 0 fully saturated rings. The summed E-state index contributed by atoms with van der Waals surface area (Å²) < 4.78 is 11.2. The van der Waals surface area contributed by atoms with Crippen LogP contribution in [0.25, 0.3) is 0 Å². The van der Waals surface area contributed by atoms with Crippen LogP contribution in [0.2, 0.25) is 0 Å². The summed E-state index contributed by atoms with van der Waals surface area (Å²) >= 11 is 0. The Balaban J connectivity index is 1.78. The highest BCUT2D eigenvalue weighted by Gasteiger charge is 1.97. The van der Waals surface area contributed by atoms with Crippen molar-refractivity contribution in [3.63, 3.8) is 0 Å². The third-order valence-corrected chi connectivity index (χ3v) is 2.68. The van der Waals surface area contributed by atoms with E-state index < -0.39 is 0 Å². The number of nitrogens with one attached hydrogen (secondary N) is 1.